The summed E-state index contributed by atoms with van der Waals surface area (Å²) in [6.07, 6.45) is -3.25. The molecule has 0 radical (unpaired) electrons. The molecule has 0 N–H and O–H groups in total. The third-order valence-corrected chi connectivity index (χ3v) is 4.68. The molecule has 0 unspecified atom stereocenters. The molecule has 2 aromatic rings. The van der Waals surface area contributed by atoms with Crippen LogP contribution in [0, 0.1) is 0 Å². The highest BCUT2D eigenvalue weighted by Gasteiger charge is 2.52. The van der Waals surface area contributed by atoms with E-state index in [9.17, 15) is 9.59 Å². The van der Waals surface area contributed by atoms with Crippen LogP contribution in [0.25, 0.3) is 10.4 Å². The first-order chi connectivity index (χ1) is 15.1. The van der Waals surface area contributed by atoms with Gasteiger partial charge >= 0.3 is 11.9 Å². The second kappa shape index (κ2) is 11.1. The predicted octanol–water partition coefficient (Wildman–Crippen LogP) is 3.32. The summed E-state index contributed by atoms with van der Waals surface area (Å²) >= 11 is 0. The van der Waals surface area contributed by atoms with E-state index in [0.29, 0.717) is 0 Å². The molecular weight excluding hydrogens is 402 g/mol. The Morgan fingerprint density at radius 2 is 1.65 bits per heavy atom. The van der Waals surface area contributed by atoms with Crippen LogP contribution in [0.1, 0.15) is 18.1 Å². The van der Waals surface area contributed by atoms with Gasteiger partial charge in [-0.25, -0.2) is 4.79 Å². The van der Waals surface area contributed by atoms with Gasteiger partial charge in [-0.05, 0) is 23.6 Å². The van der Waals surface area contributed by atoms with Gasteiger partial charge in [0.15, 0.2) is 18.2 Å². The topological polar surface area (TPSA) is 120 Å². The van der Waals surface area contributed by atoms with Gasteiger partial charge in [0.05, 0.1) is 19.8 Å². The molecule has 0 aliphatic carbocycles. The summed E-state index contributed by atoms with van der Waals surface area (Å²) in [5.41, 5.74) is 10.6. The number of carbonyl (C=O) groups excluding carboxylic acids is 2. The van der Waals surface area contributed by atoms with Crippen LogP contribution in [0.2, 0.25) is 0 Å². The minimum Gasteiger partial charge on any atom is -0.466 e. The minimum atomic E-state index is -1.39. The van der Waals surface area contributed by atoms with Crippen molar-refractivity contribution in [3.63, 3.8) is 0 Å². The van der Waals surface area contributed by atoms with Crippen molar-refractivity contribution in [1.29, 1.82) is 0 Å². The molecule has 1 saturated heterocycles. The van der Waals surface area contributed by atoms with E-state index < -0.39 is 36.3 Å². The van der Waals surface area contributed by atoms with E-state index in [-0.39, 0.29) is 19.8 Å². The Bertz CT molecular complexity index is 917. The third-order valence-electron chi connectivity index (χ3n) is 4.68. The highest BCUT2D eigenvalue weighted by molar-refractivity contribution is 5.82. The predicted molar refractivity (Wildman–Crippen MR) is 109 cm³/mol. The molecule has 1 fully saturated rings. The molecule has 0 saturated carbocycles. The van der Waals surface area contributed by atoms with Crippen molar-refractivity contribution >= 4 is 11.9 Å². The Morgan fingerprint density at radius 3 is 2.19 bits per heavy atom. The Labute approximate surface area is 179 Å². The second-order valence-electron chi connectivity index (χ2n) is 6.78. The fraction of sp³-hybridized carbons (Fsp3) is 0.364. The van der Waals surface area contributed by atoms with Gasteiger partial charge in [0.25, 0.3) is 0 Å². The van der Waals surface area contributed by atoms with E-state index in [1.807, 2.05) is 60.7 Å². The number of ether oxygens (including phenoxy) is 4. The number of esters is 2. The van der Waals surface area contributed by atoms with Gasteiger partial charge in [-0.15, -0.1) is 0 Å². The molecule has 4 atom stereocenters. The number of carbonyl (C=O) groups is 2. The average Bonchev–Trinajstić information content (AvgIpc) is 3.10. The van der Waals surface area contributed by atoms with Crippen molar-refractivity contribution in [2.24, 2.45) is 5.11 Å². The summed E-state index contributed by atoms with van der Waals surface area (Å²) in [7, 11) is 0. The lowest BCUT2D eigenvalue weighted by Gasteiger charge is -2.24. The maximum atomic E-state index is 12.6. The first kappa shape index (κ1) is 22.3. The van der Waals surface area contributed by atoms with Crippen molar-refractivity contribution in [3.05, 3.63) is 82.2 Å². The molecule has 162 valence electrons. The zero-order valence-corrected chi connectivity index (χ0v) is 17.0. The van der Waals surface area contributed by atoms with Crippen LogP contribution in [0.3, 0.4) is 0 Å². The van der Waals surface area contributed by atoms with Crippen LogP contribution in [-0.4, -0.2) is 42.9 Å². The fourth-order valence-corrected chi connectivity index (χ4v) is 3.22. The minimum absolute atomic E-state index is 0.0838. The normalized spacial score (nSPS) is 21.1. The van der Waals surface area contributed by atoms with Gasteiger partial charge in [0.2, 0.25) is 0 Å². The molecule has 1 heterocycles. The zero-order valence-electron chi connectivity index (χ0n) is 17.0. The molecule has 9 nitrogen and oxygen atoms in total. The molecule has 31 heavy (non-hydrogen) atoms. The highest BCUT2D eigenvalue weighted by atomic mass is 16.6. The summed E-state index contributed by atoms with van der Waals surface area (Å²) < 4.78 is 22.2. The van der Waals surface area contributed by atoms with Crippen LogP contribution in [0.4, 0.5) is 0 Å². The molecule has 1 aliphatic rings. The molecule has 3 rings (SSSR count). The molecule has 0 spiro atoms. The molecule has 0 aromatic heterocycles. The lowest BCUT2D eigenvalue weighted by atomic mass is 10.0. The summed E-state index contributed by atoms with van der Waals surface area (Å²) in [6, 6.07) is 17.2. The van der Waals surface area contributed by atoms with Gasteiger partial charge in [0, 0.05) is 4.91 Å². The van der Waals surface area contributed by atoms with Crippen LogP contribution in [-0.2, 0) is 41.8 Å². The Balaban J connectivity index is 1.82. The maximum absolute atomic E-state index is 12.6. The Hall–Kier alpha value is -3.39. The van der Waals surface area contributed by atoms with E-state index in [0.717, 1.165) is 11.1 Å². The molecule has 1 aliphatic heterocycles. The molecule has 0 bridgehead atoms. The number of benzene rings is 2. The summed E-state index contributed by atoms with van der Waals surface area (Å²) in [5.74, 6) is -1.49. The lowest BCUT2D eigenvalue weighted by Crippen LogP contribution is -2.44. The molecule has 0 amide bonds. The fourth-order valence-electron chi connectivity index (χ4n) is 3.22. The maximum Gasteiger partial charge on any atom is 0.338 e. The zero-order chi connectivity index (χ0) is 22.1. The SMILES string of the molecule is CCOC(=O)[C@@H](N=[N+]=[N-])[C@H]1OC(=O)[C@H](OCc2ccccc2)[C@H]1OCc1ccccc1. The third kappa shape index (κ3) is 5.82. The second-order valence-corrected chi connectivity index (χ2v) is 6.78. The summed E-state index contributed by atoms with van der Waals surface area (Å²) in [5, 5.41) is 3.51. The number of cyclic esters (lactones) is 1. The Morgan fingerprint density at radius 1 is 1.06 bits per heavy atom. The van der Waals surface area contributed by atoms with Gasteiger partial charge in [-0.1, -0.05) is 65.8 Å². The number of nitrogens with zero attached hydrogens (tertiary/aromatic N) is 3. The van der Waals surface area contributed by atoms with Gasteiger partial charge in [0.1, 0.15) is 6.10 Å². The van der Waals surface area contributed by atoms with Gasteiger partial charge < -0.3 is 18.9 Å². The van der Waals surface area contributed by atoms with Crippen molar-refractivity contribution in [1.82, 2.24) is 0 Å². The van der Waals surface area contributed by atoms with E-state index in [1.54, 1.807) is 6.92 Å². The van der Waals surface area contributed by atoms with Crippen molar-refractivity contribution in [2.45, 2.75) is 44.5 Å². The van der Waals surface area contributed by atoms with Crippen LogP contribution in [0.5, 0.6) is 0 Å². The Kier molecular flexibility index (Phi) is 8.00. The number of hydrogen-bond acceptors (Lipinski definition) is 7. The van der Waals surface area contributed by atoms with Crippen LogP contribution < -0.4 is 0 Å². The molecular formula is C22H23N3O6. The molecule has 2 aromatic carbocycles. The van der Waals surface area contributed by atoms with E-state index in [4.69, 9.17) is 24.5 Å². The number of hydrogen-bond donors (Lipinski definition) is 0. The van der Waals surface area contributed by atoms with Gasteiger partial charge in [-0.3, -0.25) is 4.79 Å². The number of azide groups is 1. The lowest BCUT2D eigenvalue weighted by molar-refractivity contribution is -0.154. The monoisotopic (exact) mass is 425 g/mol. The first-order valence-electron chi connectivity index (χ1n) is 9.86. The van der Waals surface area contributed by atoms with Crippen LogP contribution >= 0.6 is 0 Å². The van der Waals surface area contributed by atoms with E-state index in [1.165, 1.54) is 0 Å². The van der Waals surface area contributed by atoms with E-state index >= 15 is 0 Å². The first-order valence-corrected chi connectivity index (χ1v) is 9.86. The average molecular weight is 425 g/mol. The van der Waals surface area contributed by atoms with Crippen LogP contribution in [0.15, 0.2) is 65.8 Å². The van der Waals surface area contributed by atoms with Crippen molar-refractivity contribution < 1.29 is 28.5 Å². The van der Waals surface area contributed by atoms with E-state index in [2.05, 4.69) is 10.0 Å². The molecule has 9 heteroatoms. The quantitative estimate of drug-likeness (QED) is 0.249. The van der Waals surface area contributed by atoms with Crippen molar-refractivity contribution in [3.8, 4) is 0 Å². The van der Waals surface area contributed by atoms with Crippen molar-refractivity contribution in [2.75, 3.05) is 6.61 Å². The largest absolute Gasteiger partial charge is 0.466 e. The number of rotatable bonds is 10. The smallest absolute Gasteiger partial charge is 0.338 e. The summed E-state index contributed by atoms with van der Waals surface area (Å²) in [6.45, 7) is 2.00. The highest BCUT2D eigenvalue weighted by Crippen LogP contribution is 2.28. The summed E-state index contributed by atoms with van der Waals surface area (Å²) in [4.78, 5) is 27.7. The van der Waals surface area contributed by atoms with Gasteiger partial charge in [-0.2, -0.15) is 0 Å². The standard InChI is InChI=1S/C22H23N3O6/c1-2-28-21(26)17(24-25-23)18-19(29-13-15-9-5-3-6-10-15)20(22(27)31-18)30-14-16-11-7-4-8-12-16/h3-12,17-20H,2,13-14H2,1H3/t17-,18+,19-,20+/m0/s1.